The molecule has 0 aliphatic heterocycles. The van der Waals surface area contributed by atoms with Gasteiger partial charge in [0.05, 0.1) is 0 Å². The lowest BCUT2D eigenvalue weighted by Gasteiger charge is -2.14. The van der Waals surface area contributed by atoms with Crippen molar-refractivity contribution in [2.45, 2.75) is 20.8 Å². The van der Waals surface area contributed by atoms with Gasteiger partial charge in [-0.3, -0.25) is 0 Å². The zero-order chi connectivity index (χ0) is 11.0. The lowest BCUT2D eigenvalue weighted by Crippen LogP contribution is -2.02. The Morgan fingerprint density at radius 2 is 2.07 bits per heavy atom. The Morgan fingerprint density at radius 3 is 2.57 bits per heavy atom. The second kappa shape index (κ2) is 7.36. The molecule has 1 nitrogen and oxygen atoms in total. The van der Waals surface area contributed by atoms with Crippen LogP contribution in [0.25, 0.3) is 0 Å². The van der Waals surface area contributed by atoms with Crippen LogP contribution in [0.2, 0.25) is 0 Å². The molecule has 14 heavy (non-hydrogen) atoms. The molecule has 0 saturated carbocycles. The van der Waals surface area contributed by atoms with Gasteiger partial charge in [-0.05, 0) is 17.7 Å². The zero-order valence-corrected chi connectivity index (χ0v) is 9.22. The highest BCUT2D eigenvalue weighted by molar-refractivity contribution is 5.33. The molecule has 0 aromatic rings. The minimum Gasteiger partial charge on any atom is -0.491 e. The van der Waals surface area contributed by atoms with Gasteiger partial charge in [0, 0.05) is 5.92 Å². The maximum Gasteiger partial charge on any atom is 0.123 e. The van der Waals surface area contributed by atoms with Crippen molar-refractivity contribution in [1.82, 2.24) is 0 Å². The quantitative estimate of drug-likeness (QED) is 0.672. The summed E-state index contributed by atoms with van der Waals surface area (Å²) in [5, 5.41) is 0. The minimum atomic E-state index is -0.444. The van der Waals surface area contributed by atoms with E-state index in [1.807, 2.05) is 39.0 Å². The van der Waals surface area contributed by atoms with Gasteiger partial charge in [-0.25, -0.2) is 4.39 Å². The van der Waals surface area contributed by atoms with E-state index in [0.29, 0.717) is 5.92 Å². The fourth-order valence-electron chi connectivity index (χ4n) is 1.00. The monoisotopic (exact) mass is 198 g/mol. The smallest absolute Gasteiger partial charge is 0.123 e. The van der Waals surface area contributed by atoms with Gasteiger partial charge >= 0.3 is 0 Å². The van der Waals surface area contributed by atoms with Gasteiger partial charge in [-0.15, -0.1) is 0 Å². The molecule has 0 N–H and O–H groups in total. The molecule has 1 unspecified atom stereocenters. The predicted octanol–water partition coefficient (Wildman–Crippen LogP) is 3.64. The van der Waals surface area contributed by atoms with E-state index in [2.05, 4.69) is 6.58 Å². The maximum absolute atomic E-state index is 11.7. The summed E-state index contributed by atoms with van der Waals surface area (Å²) >= 11 is 0. The van der Waals surface area contributed by atoms with Crippen molar-refractivity contribution in [2.75, 3.05) is 13.3 Å². The van der Waals surface area contributed by atoms with Gasteiger partial charge in [0.2, 0.25) is 0 Å². The Hall–Kier alpha value is -1.05. The van der Waals surface area contributed by atoms with Crippen molar-refractivity contribution in [3.63, 3.8) is 0 Å². The molecule has 0 heterocycles. The van der Waals surface area contributed by atoms with E-state index in [1.165, 1.54) is 0 Å². The van der Waals surface area contributed by atoms with Crippen molar-refractivity contribution < 1.29 is 9.13 Å². The highest BCUT2D eigenvalue weighted by Gasteiger charge is 2.07. The average Bonchev–Trinajstić information content (AvgIpc) is 2.23. The summed E-state index contributed by atoms with van der Waals surface area (Å²) in [5.41, 5.74) is 1.06. The molecule has 0 saturated heterocycles. The molecule has 1 atom stereocenters. The van der Waals surface area contributed by atoms with Crippen LogP contribution in [0.1, 0.15) is 20.8 Å². The number of halogens is 1. The van der Waals surface area contributed by atoms with E-state index in [9.17, 15) is 4.39 Å². The van der Waals surface area contributed by atoms with Gasteiger partial charge in [0.25, 0.3) is 0 Å². The van der Waals surface area contributed by atoms with Crippen molar-refractivity contribution in [2.24, 2.45) is 5.92 Å². The van der Waals surface area contributed by atoms with E-state index >= 15 is 0 Å². The highest BCUT2D eigenvalue weighted by Crippen LogP contribution is 2.20. The van der Waals surface area contributed by atoms with E-state index in [0.717, 1.165) is 11.3 Å². The number of hydrogen-bond acceptors (Lipinski definition) is 1. The third-order valence-corrected chi connectivity index (χ3v) is 1.81. The van der Waals surface area contributed by atoms with Crippen LogP contribution >= 0.6 is 0 Å². The summed E-state index contributed by atoms with van der Waals surface area (Å²) in [4.78, 5) is 0. The van der Waals surface area contributed by atoms with Crippen LogP contribution in [0.3, 0.4) is 0 Å². The zero-order valence-electron chi connectivity index (χ0n) is 9.22. The molecule has 1 rings (SSSR count). The summed E-state index contributed by atoms with van der Waals surface area (Å²) in [5.74, 6) is 1.04. The Balaban J connectivity index is 0.000000791. The molecule has 0 bridgehead atoms. The van der Waals surface area contributed by atoms with E-state index < -0.39 is 6.67 Å². The number of alkyl halides is 1. The van der Waals surface area contributed by atoms with Crippen molar-refractivity contribution in [1.29, 1.82) is 0 Å². The largest absolute Gasteiger partial charge is 0.491 e. The summed E-state index contributed by atoms with van der Waals surface area (Å²) in [6, 6.07) is 0. The first-order valence-corrected chi connectivity index (χ1v) is 5.01. The van der Waals surface area contributed by atoms with Crippen LogP contribution < -0.4 is 0 Å². The summed E-state index contributed by atoms with van der Waals surface area (Å²) in [7, 11) is 0. The number of ether oxygens (including phenoxy) is 1. The Morgan fingerprint density at radius 1 is 1.43 bits per heavy atom. The van der Waals surface area contributed by atoms with E-state index in [4.69, 9.17) is 4.74 Å². The fourth-order valence-corrected chi connectivity index (χ4v) is 1.00. The topological polar surface area (TPSA) is 9.23 Å². The molecule has 0 fully saturated rings. The lowest BCUT2D eigenvalue weighted by molar-refractivity contribution is 0.195. The number of rotatable bonds is 3. The van der Waals surface area contributed by atoms with Crippen LogP contribution in [-0.4, -0.2) is 13.3 Å². The lowest BCUT2D eigenvalue weighted by atomic mass is 9.97. The van der Waals surface area contributed by atoms with Crippen molar-refractivity contribution in [3.05, 3.63) is 36.1 Å². The molecular weight excluding hydrogens is 179 g/mol. The number of allylic oxidation sites excluding steroid dienone is 4. The number of hydrogen-bond donors (Lipinski definition) is 0. The molecule has 0 aromatic heterocycles. The van der Waals surface area contributed by atoms with Gasteiger partial charge in [-0.1, -0.05) is 33.4 Å². The Labute approximate surface area is 86.0 Å². The Bertz CT molecular complexity index is 228. The standard InChI is InChI=1S/C10H13FO.C2H6/c1-8-3-4-10(7-9(8)2)12-6-5-11;1-2/h3-4,7,9H,1,5-6H2,2H3;1-2H3. The van der Waals surface area contributed by atoms with E-state index in [-0.39, 0.29) is 6.61 Å². The Kier molecular flexibility index (Phi) is 6.81. The summed E-state index contributed by atoms with van der Waals surface area (Å²) in [6.45, 7) is 9.57. The summed E-state index contributed by atoms with van der Waals surface area (Å²) in [6.07, 6.45) is 5.66. The molecule has 2 heteroatoms. The van der Waals surface area contributed by atoms with Crippen LogP contribution in [0.5, 0.6) is 0 Å². The molecule has 1 aliphatic carbocycles. The third kappa shape index (κ3) is 4.26. The van der Waals surface area contributed by atoms with Crippen LogP contribution in [0.15, 0.2) is 36.1 Å². The first-order valence-electron chi connectivity index (χ1n) is 5.01. The molecule has 1 aliphatic rings. The maximum atomic E-state index is 11.7. The van der Waals surface area contributed by atoms with Crippen LogP contribution in [-0.2, 0) is 4.74 Å². The predicted molar refractivity (Wildman–Crippen MR) is 58.8 cm³/mol. The second-order valence-corrected chi connectivity index (χ2v) is 2.80. The van der Waals surface area contributed by atoms with Gasteiger partial charge < -0.3 is 4.74 Å². The molecular formula is C12H19FO. The minimum absolute atomic E-state index is 0.134. The third-order valence-electron chi connectivity index (χ3n) is 1.81. The van der Waals surface area contributed by atoms with Gasteiger partial charge in [0.1, 0.15) is 19.0 Å². The summed E-state index contributed by atoms with van der Waals surface area (Å²) < 4.78 is 16.8. The fraction of sp³-hybridized carbons (Fsp3) is 0.500. The molecule has 0 amide bonds. The first kappa shape index (κ1) is 12.9. The molecule has 80 valence electrons. The van der Waals surface area contributed by atoms with Gasteiger partial charge in [0.15, 0.2) is 0 Å². The normalized spacial score (nSPS) is 19.6. The molecule has 0 radical (unpaired) electrons. The molecule has 0 aromatic carbocycles. The van der Waals surface area contributed by atoms with E-state index in [1.54, 1.807) is 0 Å². The SMILES string of the molecule is C=C1C=CC(OCCF)=CC1C.CC. The van der Waals surface area contributed by atoms with Crippen molar-refractivity contribution in [3.8, 4) is 0 Å². The first-order chi connectivity index (χ1) is 6.74. The average molecular weight is 198 g/mol. The second-order valence-electron chi connectivity index (χ2n) is 2.80. The van der Waals surface area contributed by atoms with Gasteiger partial charge in [-0.2, -0.15) is 0 Å². The molecule has 0 spiro atoms. The van der Waals surface area contributed by atoms with Crippen molar-refractivity contribution >= 4 is 0 Å². The highest BCUT2D eigenvalue weighted by atomic mass is 19.1. The van der Waals surface area contributed by atoms with Crippen LogP contribution in [0, 0.1) is 5.92 Å². The van der Waals surface area contributed by atoms with Crippen LogP contribution in [0.4, 0.5) is 4.39 Å².